The molecule has 112 valence electrons. The maximum atomic E-state index is 12.5. The summed E-state index contributed by atoms with van der Waals surface area (Å²) in [4.78, 5) is 0. The molecule has 2 nitrogen and oxygen atoms in total. The normalized spacial score (nSPS) is 12.6. The van der Waals surface area contributed by atoms with Crippen LogP contribution in [0.1, 0.15) is 23.1 Å². The minimum absolute atomic E-state index is 0.0294. The molecule has 0 unspecified atom stereocenters. The summed E-state index contributed by atoms with van der Waals surface area (Å²) < 4.78 is 24.9. The van der Waals surface area contributed by atoms with Crippen LogP contribution in [0, 0.1) is 0 Å². The SMILES string of the molecule is OC[C@@H](Cc1ccccc1)NCc1ccc(C(F)F)cc1. The molecule has 2 N–H and O–H groups in total. The van der Waals surface area contributed by atoms with Gasteiger partial charge in [-0.25, -0.2) is 8.78 Å². The predicted molar refractivity (Wildman–Crippen MR) is 79.3 cm³/mol. The Labute approximate surface area is 123 Å². The summed E-state index contributed by atoms with van der Waals surface area (Å²) in [6.45, 7) is 0.575. The smallest absolute Gasteiger partial charge is 0.263 e. The summed E-state index contributed by atoms with van der Waals surface area (Å²) in [5.74, 6) is 0. The van der Waals surface area contributed by atoms with Gasteiger partial charge in [0.2, 0.25) is 0 Å². The number of hydrogen-bond acceptors (Lipinski definition) is 2. The first-order valence-corrected chi connectivity index (χ1v) is 6.94. The van der Waals surface area contributed by atoms with Crippen molar-refractivity contribution in [3.05, 3.63) is 71.3 Å². The lowest BCUT2D eigenvalue weighted by Crippen LogP contribution is -2.34. The number of nitrogens with one attached hydrogen (secondary N) is 1. The third-order valence-corrected chi connectivity index (χ3v) is 3.37. The summed E-state index contributed by atoms with van der Waals surface area (Å²) >= 11 is 0. The van der Waals surface area contributed by atoms with Crippen LogP contribution in [0.15, 0.2) is 54.6 Å². The fourth-order valence-electron chi connectivity index (χ4n) is 2.14. The first-order valence-electron chi connectivity index (χ1n) is 6.94. The summed E-state index contributed by atoms with van der Waals surface area (Å²) in [5, 5.41) is 12.7. The highest BCUT2D eigenvalue weighted by Gasteiger charge is 2.09. The van der Waals surface area contributed by atoms with E-state index in [1.54, 1.807) is 12.1 Å². The quantitative estimate of drug-likeness (QED) is 0.820. The second-order valence-electron chi connectivity index (χ2n) is 4.99. The van der Waals surface area contributed by atoms with Gasteiger partial charge in [-0.15, -0.1) is 0 Å². The lowest BCUT2D eigenvalue weighted by molar-refractivity contribution is 0.151. The zero-order valence-electron chi connectivity index (χ0n) is 11.7. The van der Waals surface area contributed by atoms with Gasteiger partial charge < -0.3 is 10.4 Å². The van der Waals surface area contributed by atoms with Crippen molar-refractivity contribution in [3.63, 3.8) is 0 Å². The molecule has 0 aromatic heterocycles. The van der Waals surface area contributed by atoms with Gasteiger partial charge >= 0.3 is 0 Å². The molecule has 0 aliphatic carbocycles. The molecular formula is C17H19F2NO. The van der Waals surface area contributed by atoms with Crippen LogP contribution in [0.25, 0.3) is 0 Å². The Morgan fingerprint density at radius 2 is 1.57 bits per heavy atom. The fraction of sp³-hybridized carbons (Fsp3) is 0.294. The first-order chi connectivity index (χ1) is 10.2. The number of halogens is 2. The van der Waals surface area contributed by atoms with E-state index in [0.29, 0.717) is 6.54 Å². The van der Waals surface area contributed by atoms with E-state index in [4.69, 9.17) is 0 Å². The van der Waals surface area contributed by atoms with E-state index >= 15 is 0 Å². The van der Waals surface area contributed by atoms with Crippen molar-refractivity contribution in [1.82, 2.24) is 5.32 Å². The minimum Gasteiger partial charge on any atom is -0.395 e. The van der Waals surface area contributed by atoms with Crippen LogP contribution < -0.4 is 5.32 Å². The lowest BCUT2D eigenvalue weighted by Gasteiger charge is -2.16. The van der Waals surface area contributed by atoms with Gasteiger partial charge in [-0.2, -0.15) is 0 Å². The lowest BCUT2D eigenvalue weighted by atomic mass is 10.1. The molecule has 2 aromatic carbocycles. The zero-order chi connectivity index (χ0) is 15.1. The van der Waals surface area contributed by atoms with E-state index in [1.807, 2.05) is 30.3 Å². The molecule has 2 rings (SSSR count). The molecule has 0 bridgehead atoms. The van der Waals surface area contributed by atoms with Crippen LogP contribution in [0.4, 0.5) is 8.78 Å². The molecular weight excluding hydrogens is 272 g/mol. The molecule has 0 aliphatic heterocycles. The van der Waals surface area contributed by atoms with Crippen LogP contribution in [-0.4, -0.2) is 17.8 Å². The molecule has 0 amide bonds. The number of rotatable bonds is 7. The zero-order valence-corrected chi connectivity index (χ0v) is 11.7. The van der Waals surface area contributed by atoms with Gasteiger partial charge in [-0.3, -0.25) is 0 Å². The molecule has 0 saturated heterocycles. The van der Waals surface area contributed by atoms with Crippen molar-refractivity contribution in [3.8, 4) is 0 Å². The highest BCUT2D eigenvalue weighted by Crippen LogP contribution is 2.18. The van der Waals surface area contributed by atoms with Crippen molar-refractivity contribution >= 4 is 0 Å². The van der Waals surface area contributed by atoms with Gasteiger partial charge in [-0.1, -0.05) is 54.6 Å². The van der Waals surface area contributed by atoms with Gasteiger partial charge in [0.05, 0.1) is 6.61 Å². The van der Waals surface area contributed by atoms with Gasteiger partial charge in [0.1, 0.15) is 0 Å². The highest BCUT2D eigenvalue weighted by atomic mass is 19.3. The molecule has 0 fully saturated rings. The van der Waals surface area contributed by atoms with Crippen molar-refractivity contribution < 1.29 is 13.9 Å². The van der Waals surface area contributed by atoms with Crippen molar-refractivity contribution in [2.75, 3.05) is 6.61 Å². The highest BCUT2D eigenvalue weighted by molar-refractivity contribution is 5.23. The molecule has 1 atom stereocenters. The number of aliphatic hydroxyl groups is 1. The Bertz CT molecular complexity index is 528. The van der Waals surface area contributed by atoms with E-state index in [9.17, 15) is 13.9 Å². The second-order valence-corrected chi connectivity index (χ2v) is 4.99. The Balaban J connectivity index is 1.88. The van der Waals surface area contributed by atoms with E-state index in [1.165, 1.54) is 12.1 Å². The number of alkyl halides is 2. The standard InChI is InChI=1S/C17H19F2NO/c18-17(19)15-8-6-14(7-9-15)11-20-16(12-21)10-13-4-2-1-3-5-13/h1-9,16-17,20-21H,10-12H2/t16-/m1/s1. The van der Waals surface area contributed by atoms with E-state index in [2.05, 4.69) is 5.32 Å². The molecule has 0 spiro atoms. The molecule has 2 aromatic rings. The molecule has 0 heterocycles. The minimum atomic E-state index is -2.43. The van der Waals surface area contributed by atoms with Gasteiger partial charge in [-0.05, 0) is 17.5 Å². The van der Waals surface area contributed by atoms with Crippen LogP contribution in [0.2, 0.25) is 0 Å². The molecule has 21 heavy (non-hydrogen) atoms. The number of benzene rings is 2. The Morgan fingerprint density at radius 1 is 0.905 bits per heavy atom. The summed E-state index contributed by atoms with van der Waals surface area (Å²) in [5.41, 5.74) is 2.10. The first kappa shape index (κ1) is 15.6. The summed E-state index contributed by atoms with van der Waals surface area (Å²) in [7, 11) is 0. The van der Waals surface area contributed by atoms with Crippen LogP contribution in [0.5, 0.6) is 0 Å². The predicted octanol–water partition coefficient (Wildman–Crippen LogP) is 3.32. The average molecular weight is 291 g/mol. The molecule has 0 radical (unpaired) electrons. The average Bonchev–Trinajstić information content (AvgIpc) is 2.52. The Hall–Kier alpha value is -1.78. The Kier molecular flexibility index (Phi) is 5.84. The van der Waals surface area contributed by atoms with Gasteiger partial charge in [0.25, 0.3) is 6.43 Å². The third-order valence-electron chi connectivity index (χ3n) is 3.37. The topological polar surface area (TPSA) is 32.3 Å². The van der Waals surface area contributed by atoms with Crippen LogP contribution in [-0.2, 0) is 13.0 Å². The molecule has 0 aliphatic rings. The molecule has 4 heteroatoms. The van der Waals surface area contributed by atoms with Crippen molar-refractivity contribution in [2.24, 2.45) is 0 Å². The molecule has 0 saturated carbocycles. The largest absolute Gasteiger partial charge is 0.395 e. The van der Waals surface area contributed by atoms with Crippen molar-refractivity contribution in [1.29, 1.82) is 0 Å². The van der Waals surface area contributed by atoms with E-state index < -0.39 is 6.43 Å². The Morgan fingerprint density at radius 3 is 2.14 bits per heavy atom. The maximum absolute atomic E-state index is 12.5. The second kappa shape index (κ2) is 7.86. The van der Waals surface area contributed by atoms with Crippen LogP contribution >= 0.6 is 0 Å². The number of aliphatic hydroxyl groups excluding tert-OH is 1. The summed E-state index contributed by atoms with van der Waals surface area (Å²) in [6, 6.07) is 16.1. The fourth-order valence-corrected chi connectivity index (χ4v) is 2.14. The summed E-state index contributed by atoms with van der Waals surface area (Å²) in [6.07, 6.45) is -1.71. The van der Waals surface area contributed by atoms with Gasteiger partial charge in [0.15, 0.2) is 0 Å². The van der Waals surface area contributed by atoms with Crippen LogP contribution in [0.3, 0.4) is 0 Å². The maximum Gasteiger partial charge on any atom is 0.263 e. The van der Waals surface area contributed by atoms with Gasteiger partial charge in [0, 0.05) is 18.2 Å². The monoisotopic (exact) mass is 291 g/mol. The number of hydrogen-bond donors (Lipinski definition) is 2. The van der Waals surface area contributed by atoms with Crippen molar-refractivity contribution in [2.45, 2.75) is 25.4 Å². The van der Waals surface area contributed by atoms with E-state index in [-0.39, 0.29) is 18.2 Å². The van der Waals surface area contributed by atoms with E-state index in [0.717, 1.165) is 17.5 Å². The third kappa shape index (κ3) is 4.92.